The molecule has 0 aromatic rings. The summed E-state index contributed by atoms with van der Waals surface area (Å²) < 4.78 is 28.4. The summed E-state index contributed by atoms with van der Waals surface area (Å²) in [7, 11) is -2.97. The van der Waals surface area contributed by atoms with Gasteiger partial charge in [0.05, 0.1) is 11.5 Å². The Morgan fingerprint density at radius 2 is 2.04 bits per heavy atom. The van der Waals surface area contributed by atoms with Gasteiger partial charge in [0.15, 0.2) is 15.8 Å². The number of carbonyl (C=O) groups excluding carboxylic acids is 1. The third kappa shape index (κ3) is 8.84. The Morgan fingerprint density at radius 3 is 2.69 bits per heavy atom. The first-order valence-electron chi connectivity index (χ1n) is 9.58. The molecule has 2 rings (SSSR count). The molecule has 0 spiro atoms. The van der Waals surface area contributed by atoms with Gasteiger partial charge in [0.25, 0.3) is 0 Å². The van der Waals surface area contributed by atoms with Crippen molar-refractivity contribution in [3.05, 3.63) is 0 Å². The van der Waals surface area contributed by atoms with Crippen LogP contribution in [0.2, 0.25) is 0 Å². The summed E-state index contributed by atoms with van der Waals surface area (Å²) in [5, 5.41) is 9.06. The first-order valence-corrected chi connectivity index (χ1v) is 11.4. The molecule has 1 unspecified atom stereocenters. The number of hydrogen-bond acceptors (Lipinski definition) is 5. The second-order valence-corrected chi connectivity index (χ2v) is 9.21. The fraction of sp³-hybridized carbons (Fsp3) is 0.882. The minimum atomic E-state index is -2.97. The van der Waals surface area contributed by atoms with Crippen molar-refractivity contribution < 1.29 is 17.9 Å². The number of guanidine groups is 1. The average Bonchev–Trinajstić information content (AvgIpc) is 3.34. The molecule has 0 aromatic carbocycles. The fourth-order valence-corrected chi connectivity index (χ4v) is 4.41. The van der Waals surface area contributed by atoms with Crippen molar-refractivity contribution in [1.29, 1.82) is 0 Å². The number of nitrogens with one attached hydrogen (secondary N) is 3. The number of hydrogen-bond donors (Lipinski definition) is 3. The van der Waals surface area contributed by atoms with E-state index in [1.807, 2.05) is 6.92 Å². The summed E-state index contributed by atoms with van der Waals surface area (Å²) in [6, 6.07) is -0.245. The number of aliphatic imine (C=N–C) groups is 1. The molecule has 8 nitrogen and oxygen atoms in total. The molecule has 1 aliphatic carbocycles. The molecular weight excluding hydrogens is 356 g/mol. The van der Waals surface area contributed by atoms with Crippen molar-refractivity contribution in [3.63, 3.8) is 0 Å². The highest BCUT2D eigenvalue weighted by molar-refractivity contribution is 7.91. The average molecular weight is 389 g/mol. The molecule has 0 radical (unpaired) electrons. The SMILES string of the molecule is CCNC(=NCCCOCC1CC1)NCCC(=O)NC1CCS(=O)(=O)C1. The van der Waals surface area contributed by atoms with E-state index in [0.717, 1.165) is 32.1 Å². The molecule has 0 bridgehead atoms. The number of nitrogens with zero attached hydrogens (tertiary/aromatic N) is 1. The standard InChI is InChI=1S/C17H32N4O4S/c1-2-18-17(19-8-3-10-25-12-14-4-5-14)20-9-6-16(22)21-15-7-11-26(23,24)13-15/h14-15H,2-13H2,1H3,(H,21,22)(H2,18,19,20). The highest BCUT2D eigenvalue weighted by Gasteiger charge is 2.28. The molecule has 2 fully saturated rings. The van der Waals surface area contributed by atoms with Gasteiger partial charge in [0.2, 0.25) is 5.91 Å². The number of sulfone groups is 1. The van der Waals surface area contributed by atoms with Gasteiger partial charge in [-0.1, -0.05) is 0 Å². The Kier molecular flexibility index (Phi) is 8.64. The van der Waals surface area contributed by atoms with Crippen LogP contribution in [0.3, 0.4) is 0 Å². The molecule has 1 saturated carbocycles. The maximum Gasteiger partial charge on any atom is 0.222 e. The second-order valence-electron chi connectivity index (χ2n) is 6.98. The van der Waals surface area contributed by atoms with Gasteiger partial charge in [-0.3, -0.25) is 9.79 Å². The zero-order valence-electron chi connectivity index (χ0n) is 15.6. The first kappa shape index (κ1) is 21.0. The van der Waals surface area contributed by atoms with E-state index < -0.39 is 9.84 Å². The van der Waals surface area contributed by atoms with E-state index in [4.69, 9.17) is 4.74 Å². The number of rotatable bonds is 11. The Balaban J connectivity index is 1.57. The summed E-state index contributed by atoms with van der Waals surface area (Å²) in [6.07, 6.45) is 4.27. The van der Waals surface area contributed by atoms with Crippen molar-refractivity contribution in [2.24, 2.45) is 10.9 Å². The summed E-state index contributed by atoms with van der Waals surface area (Å²) in [4.78, 5) is 16.4. The highest BCUT2D eigenvalue weighted by Crippen LogP contribution is 2.28. The normalized spacial score (nSPS) is 22.2. The topological polar surface area (TPSA) is 109 Å². The highest BCUT2D eigenvalue weighted by atomic mass is 32.2. The van der Waals surface area contributed by atoms with E-state index in [-0.39, 0.29) is 29.9 Å². The predicted molar refractivity (Wildman–Crippen MR) is 102 cm³/mol. The smallest absolute Gasteiger partial charge is 0.222 e. The lowest BCUT2D eigenvalue weighted by Crippen LogP contribution is -2.41. The molecule has 26 heavy (non-hydrogen) atoms. The van der Waals surface area contributed by atoms with Gasteiger partial charge in [-0.25, -0.2) is 8.42 Å². The van der Waals surface area contributed by atoms with Crippen molar-refractivity contribution >= 4 is 21.7 Å². The summed E-state index contributed by atoms with van der Waals surface area (Å²) in [5.41, 5.74) is 0. The number of amides is 1. The van der Waals surface area contributed by atoms with Crippen molar-refractivity contribution in [1.82, 2.24) is 16.0 Å². The van der Waals surface area contributed by atoms with E-state index in [9.17, 15) is 13.2 Å². The summed E-state index contributed by atoms with van der Waals surface area (Å²) in [5.74, 6) is 1.56. The van der Waals surface area contributed by atoms with Gasteiger partial charge in [0, 0.05) is 45.3 Å². The van der Waals surface area contributed by atoms with Crippen LogP contribution >= 0.6 is 0 Å². The van der Waals surface area contributed by atoms with E-state index in [1.165, 1.54) is 12.8 Å². The third-order valence-electron chi connectivity index (χ3n) is 4.35. The Hall–Kier alpha value is -1.35. The molecule has 9 heteroatoms. The molecule has 1 saturated heterocycles. The lowest BCUT2D eigenvalue weighted by molar-refractivity contribution is -0.121. The van der Waals surface area contributed by atoms with E-state index in [0.29, 0.717) is 25.5 Å². The second kappa shape index (κ2) is 10.7. The lowest BCUT2D eigenvalue weighted by atomic mass is 10.2. The molecule has 1 atom stereocenters. The van der Waals surface area contributed by atoms with E-state index in [1.54, 1.807) is 0 Å². The molecular formula is C17H32N4O4S. The molecule has 1 amide bonds. The van der Waals surface area contributed by atoms with E-state index >= 15 is 0 Å². The van der Waals surface area contributed by atoms with Crippen LogP contribution in [-0.4, -0.2) is 70.7 Å². The minimum absolute atomic E-state index is 0.0546. The first-order chi connectivity index (χ1) is 12.5. The molecule has 0 aromatic heterocycles. The van der Waals surface area contributed by atoms with Gasteiger partial charge in [0.1, 0.15) is 0 Å². The maximum absolute atomic E-state index is 11.9. The van der Waals surface area contributed by atoms with E-state index in [2.05, 4.69) is 20.9 Å². The molecule has 150 valence electrons. The Bertz CT molecular complexity index is 575. The van der Waals surface area contributed by atoms with Crippen LogP contribution in [0, 0.1) is 5.92 Å². The molecule has 1 aliphatic heterocycles. The zero-order chi connectivity index (χ0) is 18.8. The summed E-state index contributed by atoms with van der Waals surface area (Å²) >= 11 is 0. The van der Waals surface area contributed by atoms with Crippen LogP contribution in [0.25, 0.3) is 0 Å². The van der Waals surface area contributed by atoms with Crippen LogP contribution < -0.4 is 16.0 Å². The van der Waals surface area contributed by atoms with Crippen molar-refractivity contribution in [2.45, 2.75) is 45.1 Å². The quantitative estimate of drug-likeness (QED) is 0.262. The third-order valence-corrected chi connectivity index (χ3v) is 6.12. The Morgan fingerprint density at radius 1 is 1.23 bits per heavy atom. The van der Waals surface area contributed by atoms with Gasteiger partial charge in [-0.2, -0.15) is 0 Å². The van der Waals surface area contributed by atoms with Crippen LogP contribution in [0.5, 0.6) is 0 Å². The van der Waals surface area contributed by atoms with Gasteiger partial charge < -0.3 is 20.7 Å². The van der Waals surface area contributed by atoms with Crippen LogP contribution in [0.1, 0.15) is 39.0 Å². The van der Waals surface area contributed by atoms with Gasteiger partial charge >= 0.3 is 0 Å². The van der Waals surface area contributed by atoms with Crippen LogP contribution in [0.4, 0.5) is 0 Å². The van der Waals surface area contributed by atoms with Crippen LogP contribution in [0.15, 0.2) is 4.99 Å². The van der Waals surface area contributed by atoms with Crippen molar-refractivity contribution in [3.8, 4) is 0 Å². The largest absolute Gasteiger partial charge is 0.381 e. The fourth-order valence-electron chi connectivity index (χ4n) is 2.74. The zero-order valence-corrected chi connectivity index (χ0v) is 16.4. The molecule has 3 N–H and O–H groups in total. The Labute approximate surface area is 156 Å². The van der Waals surface area contributed by atoms with Crippen LogP contribution in [-0.2, 0) is 19.4 Å². The van der Waals surface area contributed by atoms with Gasteiger partial charge in [-0.05, 0) is 38.5 Å². The van der Waals surface area contributed by atoms with Gasteiger partial charge in [-0.15, -0.1) is 0 Å². The molecule has 2 aliphatic rings. The molecule has 1 heterocycles. The van der Waals surface area contributed by atoms with Crippen molar-refractivity contribution in [2.75, 3.05) is 44.4 Å². The number of carbonyl (C=O) groups is 1. The number of ether oxygens (including phenoxy) is 1. The minimum Gasteiger partial charge on any atom is -0.381 e. The summed E-state index contributed by atoms with van der Waals surface area (Å²) in [6.45, 7) is 5.46. The lowest BCUT2D eigenvalue weighted by Gasteiger charge is -2.13. The maximum atomic E-state index is 11.9. The predicted octanol–water partition coefficient (Wildman–Crippen LogP) is 0.0516. The monoisotopic (exact) mass is 388 g/mol.